The molecule has 4 aromatic carbocycles. The van der Waals surface area contributed by atoms with Gasteiger partial charge in [0.2, 0.25) is 0 Å². The number of amides is 1. The van der Waals surface area contributed by atoms with E-state index in [0.717, 1.165) is 16.8 Å². The molecule has 0 unspecified atom stereocenters. The summed E-state index contributed by atoms with van der Waals surface area (Å²) >= 11 is 0. The second-order valence-electron chi connectivity index (χ2n) is 6.89. The maximum Gasteiger partial charge on any atom is 0.344 e. The molecule has 0 fully saturated rings. The van der Waals surface area contributed by atoms with Gasteiger partial charge >= 0.3 is 5.97 Å². The minimum atomic E-state index is -0.626. The van der Waals surface area contributed by atoms with Crippen molar-refractivity contribution in [3.63, 3.8) is 0 Å². The fourth-order valence-electron chi connectivity index (χ4n) is 3.13. The van der Waals surface area contributed by atoms with Crippen molar-refractivity contribution in [2.24, 2.45) is 5.10 Å². The Bertz CT molecular complexity index is 1320. The largest absolute Gasteiger partial charge is 0.508 e. The van der Waals surface area contributed by atoms with Gasteiger partial charge in [-0.1, -0.05) is 36.4 Å². The molecular weight excluding hydrogens is 408 g/mol. The third kappa shape index (κ3) is 4.57. The first kappa shape index (κ1) is 20.6. The van der Waals surface area contributed by atoms with E-state index in [1.54, 1.807) is 30.3 Å². The van der Waals surface area contributed by atoms with Crippen LogP contribution >= 0.6 is 0 Å². The topological polar surface area (TPSA) is 108 Å². The minimum absolute atomic E-state index is 0.0179. The summed E-state index contributed by atoms with van der Waals surface area (Å²) in [5.41, 5.74) is 3.42. The maximum absolute atomic E-state index is 12.6. The van der Waals surface area contributed by atoms with Gasteiger partial charge in [0.1, 0.15) is 17.2 Å². The third-order valence-corrected chi connectivity index (χ3v) is 4.71. The van der Waals surface area contributed by atoms with Gasteiger partial charge in [0.15, 0.2) is 0 Å². The van der Waals surface area contributed by atoms with Gasteiger partial charge in [-0.2, -0.15) is 5.10 Å². The van der Waals surface area contributed by atoms with Gasteiger partial charge in [-0.25, -0.2) is 10.2 Å². The Morgan fingerprint density at radius 1 is 0.844 bits per heavy atom. The first-order valence-corrected chi connectivity index (χ1v) is 9.66. The van der Waals surface area contributed by atoms with Crippen molar-refractivity contribution >= 4 is 28.9 Å². The zero-order chi connectivity index (χ0) is 22.5. The number of esters is 1. The van der Waals surface area contributed by atoms with Crippen LogP contribution < -0.4 is 10.2 Å². The summed E-state index contributed by atoms with van der Waals surface area (Å²) < 4.78 is 5.49. The summed E-state index contributed by atoms with van der Waals surface area (Å²) in [5, 5.41) is 24.6. The lowest BCUT2D eigenvalue weighted by Crippen LogP contribution is -2.17. The maximum atomic E-state index is 12.6. The van der Waals surface area contributed by atoms with Crippen molar-refractivity contribution in [2.45, 2.75) is 0 Å². The van der Waals surface area contributed by atoms with Crippen molar-refractivity contribution in [3.05, 3.63) is 102 Å². The van der Waals surface area contributed by atoms with Crippen LogP contribution in [0.5, 0.6) is 17.2 Å². The highest BCUT2D eigenvalue weighted by Crippen LogP contribution is 2.23. The number of hydrogen-bond acceptors (Lipinski definition) is 6. The van der Waals surface area contributed by atoms with E-state index in [-0.39, 0.29) is 17.1 Å². The summed E-state index contributed by atoms with van der Waals surface area (Å²) in [6, 6.07) is 23.3. The summed E-state index contributed by atoms with van der Waals surface area (Å²) in [6.45, 7) is 0. The predicted octanol–water partition coefficient (Wildman–Crippen LogP) is 4.23. The lowest BCUT2D eigenvalue weighted by molar-refractivity contribution is 0.0736. The molecule has 0 aliphatic heterocycles. The van der Waals surface area contributed by atoms with Crippen molar-refractivity contribution < 1.29 is 24.5 Å². The van der Waals surface area contributed by atoms with Gasteiger partial charge < -0.3 is 14.9 Å². The number of carbonyl (C=O) groups excluding carboxylic acids is 2. The van der Waals surface area contributed by atoms with Gasteiger partial charge in [0.05, 0.1) is 17.3 Å². The van der Waals surface area contributed by atoms with Gasteiger partial charge in [-0.05, 0) is 58.8 Å². The van der Waals surface area contributed by atoms with Crippen molar-refractivity contribution in [2.75, 3.05) is 0 Å². The highest BCUT2D eigenvalue weighted by molar-refractivity contribution is 6.05. The molecule has 0 bridgehead atoms. The zero-order valence-corrected chi connectivity index (χ0v) is 16.7. The molecule has 0 aromatic heterocycles. The van der Waals surface area contributed by atoms with Gasteiger partial charge in [-0.3, -0.25) is 4.79 Å². The van der Waals surface area contributed by atoms with Crippen LogP contribution in [-0.2, 0) is 0 Å². The van der Waals surface area contributed by atoms with E-state index in [2.05, 4.69) is 10.5 Å². The molecule has 4 aromatic rings. The zero-order valence-electron chi connectivity index (χ0n) is 16.7. The van der Waals surface area contributed by atoms with Crippen LogP contribution in [0.25, 0.3) is 10.8 Å². The second-order valence-corrected chi connectivity index (χ2v) is 6.89. The smallest absolute Gasteiger partial charge is 0.344 e. The molecule has 4 rings (SSSR count). The van der Waals surface area contributed by atoms with E-state index >= 15 is 0 Å². The summed E-state index contributed by atoms with van der Waals surface area (Å²) in [6.07, 6.45) is 1.41. The Kier molecular flexibility index (Phi) is 5.81. The number of nitrogens with one attached hydrogen (secondary N) is 1. The molecule has 7 heteroatoms. The average molecular weight is 426 g/mol. The molecule has 0 saturated heterocycles. The lowest BCUT2D eigenvalue weighted by atomic mass is 10.0. The quantitative estimate of drug-likeness (QED) is 0.192. The second kappa shape index (κ2) is 9.01. The fourth-order valence-corrected chi connectivity index (χ4v) is 3.13. The van der Waals surface area contributed by atoms with Gasteiger partial charge in [0.25, 0.3) is 5.91 Å². The van der Waals surface area contributed by atoms with Crippen LogP contribution in [0.4, 0.5) is 0 Å². The van der Waals surface area contributed by atoms with E-state index in [9.17, 15) is 19.8 Å². The van der Waals surface area contributed by atoms with E-state index in [4.69, 9.17) is 4.74 Å². The standard InChI is InChI=1S/C25H18N2O5/c28-18-10-13-22(23(29)14-18)24(30)27-26-15-16-8-11-19(12-9-16)32-25(31)21-7-3-5-17-4-1-2-6-20(17)21/h1-15,28-29H,(H,27,30)/b26-15-. The molecule has 1 amide bonds. The Balaban J connectivity index is 1.39. The first-order valence-electron chi connectivity index (χ1n) is 9.66. The van der Waals surface area contributed by atoms with Crippen LogP contribution in [0.15, 0.2) is 90.0 Å². The Hall–Kier alpha value is -4.65. The van der Waals surface area contributed by atoms with Crippen LogP contribution in [0.1, 0.15) is 26.3 Å². The summed E-state index contributed by atoms with van der Waals surface area (Å²) in [4.78, 5) is 24.7. The molecule has 0 radical (unpaired) electrons. The predicted molar refractivity (Wildman–Crippen MR) is 120 cm³/mol. The Morgan fingerprint density at radius 2 is 1.59 bits per heavy atom. The van der Waals surface area contributed by atoms with Crippen LogP contribution in [0.3, 0.4) is 0 Å². The molecule has 7 nitrogen and oxygen atoms in total. The number of ether oxygens (including phenoxy) is 1. The van der Waals surface area contributed by atoms with Crippen LogP contribution in [-0.4, -0.2) is 28.3 Å². The molecule has 3 N–H and O–H groups in total. The fraction of sp³-hybridized carbons (Fsp3) is 0. The van der Waals surface area contributed by atoms with Crippen LogP contribution in [0, 0.1) is 0 Å². The number of fused-ring (bicyclic) bond motifs is 1. The number of aromatic hydroxyl groups is 2. The number of rotatable bonds is 5. The molecule has 0 aliphatic carbocycles. The van der Waals surface area contributed by atoms with Crippen molar-refractivity contribution in [3.8, 4) is 17.2 Å². The first-order chi connectivity index (χ1) is 15.5. The van der Waals surface area contributed by atoms with E-state index in [1.807, 2.05) is 36.4 Å². The Labute approximate surface area is 183 Å². The SMILES string of the molecule is O=C(N/N=C\c1ccc(OC(=O)c2cccc3ccccc23)cc1)c1ccc(O)cc1O. The number of benzene rings is 4. The van der Waals surface area contributed by atoms with E-state index in [1.165, 1.54) is 18.3 Å². The molecule has 158 valence electrons. The number of phenolic OH excluding ortho intramolecular Hbond substituents is 2. The van der Waals surface area contributed by atoms with Crippen molar-refractivity contribution in [1.29, 1.82) is 0 Å². The molecule has 0 atom stereocenters. The number of phenols is 2. The third-order valence-electron chi connectivity index (χ3n) is 4.71. The minimum Gasteiger partial charge on any atom is -0.508 e. The Morgan fingerprint density at radius 3 is 2.38 bits per heavy atom. The molecule has 0 spiro atoms. The summed E-state index contributed by atoms with van der Waals surface area (Å²) in [5.74, 6) is -1.21. The van der Waals surface area contributed by atoms with Crippen molar-refractivity contribution in [1.82, 2.24) is 5.43 Å². The normalized spacial score (nSPS) is 10.9. The average Bonchev–Trinajstić information content (AvgIpc) is 2.79. The highest BCUT2D eigenvalue weighted by Gasteiger charge is 2.12. The molecular formula is C25H18N2O5. The van der Waals surface area contributed by atoms with Crippen LogP contribution in [0.2, 0.25) is 0 Å². The lowest BCUT2D eigenvalue weighted by Gasteiger charge is -2.07. The number of carbonyl (C=O) groups is 2. The highest BCUT2D eigenvalue weighted by atomic mass is 16.5. The number of hydrazone groups is 1. The molecule has 32 heavy (non-hydrogen) atoms. The summed E-state index contributed by atoms with van der Waals surface area (Å²) in [7, 11) is 0. The molecule has 0 heterocycles. The van der Waals surface area contributed by atoms with E-state index in [0.29, 0.717) is 16.9 Å². The number of nitrogens with zero attached hydrogens (tertiary/aromatic N) is 1. The van der Waals surface area contributed by atoms with E-state index < -0.39 is 11.9 Å². The molecule has 0 saturated carbocycles. The monoisotopic (exact) mass is 426 g/mol. The van der Waals surface area contributed by atoms with Gasteiger partial charge in [0, 0.05) is 6.07 Å². The number of hydrogen-bond donors (Lipinski definition) is 3. The van der Waals surface area contributed by atoms with Gasteiger partial charge in [-0.15, -0.1) is 0 Å². The molecule has 0 aliphatic rings.